The van der Waals surface area contributed by atoms with E-state index in [1.807, 2.05) is 24.3 Å². The van der Waals surface area contributed by atoms with Gasteiger partial charge in [-0.25, -0.2) is 0 Å². The molecule has 0 radical (unpaired) electrons. The van der Waals surface area contributed by atoms with Gasteiger partial charge in [0.2, 0.25) is 5.78 Å². The molecule has 1 heterocycles. The molecule has 0 aliphatic heterocycles. The molecule has 4 rings (SSSR count). The van der Waals surface area contributed by atoms with Gasteiger partial charge in [-0.15, -0.1) is 0 Å². The van der Waals surface area contributed by atoms with Crippen molar-refractivity contribution >= 4 is 45.6 Å². The molecule has 1 N–H and O–H groups in total. The number of benzene rings is 3. The van der Waals surface area contributed by atoms with E-state index in [1.165, 1.54) is 5.56 Å². The monoisotopic (exact) mass is 409 g/mol. The molecular weight excluding hydrogens is 393 g/mol. The fraction of sp³-hybridized carbons (Fsp3) is 0.0870. The standard InChI is InChI=1S/C23H17Cl2NO2/c1-13-4-3-5-14(10-13)15-6-8-18-20(11-15)28-23(21(18)26-2)22(27)17-9-7-16(24)12-19(17)25/h3-12,26H,1-2H3. The molecule has 0 fully saturated rings. The second-order valence-electron chi connectivity index (χ2n) is 6.59. The molecule has 0 aliphatic carbocycles. The molecule has 0 atom stereocenters. The Morgan fingerprint density at radius 1 is 0.964 bits per heavy atom. The zero-order chi connectivity index (χ0) is 19.8. The predicted octanol–water partition coefficient (Wildman–Crippen LogP) is 6.99. The third kappa shape index (κ3) is 3.28. The fourth-order valence-electron chi connectivity index (χ4n) is 3.30. The number of fused-ring (bicyclic) bond motifs is 1. The highest BCUT2D eigenvalue weighted by Crippen LogP contribution is 2.36. The quantitative estimate of drug-likeness (QED) is 0.369. The van der Waals surface area contributed by atoms with Crippen LogP contribution >= 0.6 is 23.2 Å². The van der Waals surface area contributed by atoms with E-state index < -0.39 is 0 Å². The highest BCUT2D eigenvalue weighted by Gasteiger charge is 2.23. The molecule has 4 aromatic rings. The molecule has 5 heteroatoms. The Balaban J connectivity index is 1.84. The first-order valence-corrected chi connectivity index (χ1v) is 9.54. The molecule has 0 bridgehead atoms. The van der Waals surface area contributed by atoms with Crippen LogP contribution in [0.5, 0.6) is 0 Å². The van der Waals surface area contributed by atoms with E-state index >= 15 is 0 Å². The van der Waals surface area contributed by atoms with E-state index in [4.69, 9.17) is 27.6 Å². The van der Waals surface area contributed by atoms with Crippen LogP contribution in [-0.2, 0) is 0 Å². The number of halogens is 2. The van der Waals surface area contributed by atoms with Crippen molar-refractivity contribution in [3.8, 4) is 11.1 Å². The summed E-state index contributed by atoms with van der Waals surface area (Å²) in [7, 11) is 1.76. The first-order valence-electron chi connectivity index (χ1n) is 8.79. The van der Waals surface area contributed by atoms with Crippen LogP contribution in [0, 0.1) is 6.92 Å². The topological polar surface area (TPSA) is 42.2 Å². The van der Waals surface area contributed by atoms with Gasteiger partial charge in [0.1, 0.15) is 5.58 Å². The lowest BCUT2D eigenvalue weighted by Crippen LogP contribution is -2.04. The maximum Gasteiger partial charge on any atom is 0.231 e. The van der Waals surface area contributed by atoms with Crippen LogP contribution in [0.4, 0.5) is 5.69 Å². The third-order valence-electron chi connectivity index (χ3n) is 4.67. The summed E-state index contributed by atoms with van der Waals surface area (Å²) in [5.74, 6) is -0.0672. The Kier molecular flexibility index (Phi) is 4.88. The van der Waals surface area contributed by atoms with Crippen LogP contribution < -0.4 is 5.32 Å². The minimum absolute atomic E-state index is 0.225. The van der Waals surface area contributed by atoms with E-state index in [-0.39, 0.29) is 11.5 Å². The van der Waals surface area contributed by atoms with Crippen molar-refractivity contribution < 1.29 is 9.21 Å². The number of ketones is 1. The largest absolute Gasteiger partial charge is 0.450 e. The van der Waals surface area contributed by atoms with Gasteiger partial charge in [0.25, 0.3) is 0 Å². The van der Waals surface area contributed by atoms with Crippen molar-refractivity contribution in [3.05, 3.63) is 87.6 Å². The Bertz CT molecular complexity index is 1210. The van der Waals surface area contributed by atoms with Gasteiger partial charge in [-0.1, -0.05) is 59.1 Å². The number of rotatable bonds is 4. The van der Waals surface area contributed by atoms with Gasteiger partial charge >= 0.3 is 0 Å². The molecule has 1 aromatic heterocycles. The van der Waals surface area contributed by atoms with E-state index in [1.54, 1.807) is 25.2 Å². The first kappa shape index (κ1) is 18.6. The molecule has 3 aromatic carbocycles. The number of anilines is 1. The predicted molar refractivity (Wildman–Crippen MR) is 116 cm³/mol. The number of carbonyl (C=O) groups is 1. The summed E-state index contributed by atoms with van der Waals surface area (Å²) >= 11 is 12.2. The smallest absolute Gasteiger partial charge is 0.231 e. The first-order chi connectivity index (χ1) is 13.5. The number of hydrogen-bond acceptors (Lipinski definition) is 3. The Hall–Kier alpha value is -2.75. The molecule has 0 saturated carbocycles. The second-order valence-corrected chi connectivity index (χ2v) is 7.43. The van der Waals surface area contributed by atoms with Crippen molar-refractivity contribution in [3.63, 3.8) is 0 Å². The van der Waals surface area contributed by atoms with Crippen LogP contribution in [-0.4, -0.2) is 12.8 Å². The van der Waals surface area contributed by atoms with Gasteiger partial charge < -0.3 is 9.73 Å². The van der Waals surface area contributed by atoms with Crippen LogP contribution in [0.15, 0.2) is 65.1 Å². The summed E-state index contributed by atoms with van der Waals surface area (Å²) in [6.07, 6.45) is 0. The average molecular weight is 410 g/mol. The molecule has 0 spiro atoms. The number of hydrogen-bond donors (Lipinski definition) is 1. The van der Waals surface area contributed by atoms with Crippen molar-refractivity contribution in [1.29, 1.82) is 0 Å². The maximum absolute atomic E-state index is 13.1. The van der Waals surface area contributed by atoms with Crippen molar-refractivity contribution in [2.45, 2.75) is 6.92 Å². The molecule has 0 amide bonds. The molecule has 0 saturated heterocycles. The van der Waals surface area contributed by atoms with Gasteiger partial charge in [-0.3, -0.25) is 4.79 Å². The van der Waals surface area contributed by atoms with Crippen LogP contribution in [0.3, 0.4) is 0 Å². The van der Waals surface area contributed by atoms with E-state index in [2.05, 4.69) is 30.4 Å². The lowest BCUT2D eigenvalue weighted by Gasteiger charge is -2.04. The summed E-state index contributed by atoms with van der Waals surface area (Å²) in [4.78, 5) is 13.1. The van der Waals surface area contributed by atoms with E-state index in [9.17, 15) is 4.79 Å². The minimum Gasteiger partial charge on any atom is -0.450 e. The zero-order valence-corrected chi connectivity index (χ0v) is 16.9. The molecule has 0 unspecified atom stereocenters. The number of aryl methyl sites for hydroxylation is 1. The summed E-state index contributed by atoms with van der Waals surface area (Å²) < 4.78 is 5.98. The molecule has 0 aliphatic rings. The van der Waals surface area contributed by atoms with Crippen molar-refractivity contribution in [2.24, 2.45) is 0 Å². The van der Waals surface area contributed by atoms with E-state index in [0.29, 0.717) is 26.9 Å². The minimum atomic E-state index is -0.292. The van der Waals surface area contributed by atoms with Crippen LogP contribution in [0.1, 0.15) is 21.7 Å². The van der Waals surface area contributed by atoms with Crippen LogP contribution in [0.25, 0.3) is 22.1 Å². The summed E-state index contributed by atoms with van der Waals surface area (Å²) in [5.41, 5.74) is 4.93. The lowest BCUT2D eigenvalue weighted by molar-refractivity contribution is 0.101. The highest BCUT2D eigenvalue weighted by molar-refractivity contribution is 6.37. The van der Waals surface area contributed by atoms with Crippen molar-refractivity contribution in [1.82, 2.24) is 0 Å². The summed E-state index contributed by atoms with van der Waals surface area (Å²) in [5, 5.41) is 4.69. The normalized spacial score (nSPS) is 11.0. The zero-order valence-electron chi connectivity index (χ0n) is 15.3. The third-order valence-corrected chi connectivity index (χ3v) is 5.22. The average Bonchev–Trinajstić information content (AvgIpc) is 3.05. The second kappa shape index (κ2) is 7.34. The molecular formula is C23H17Cl2NO2. The van der Waals surface area contributed by atoms with Gasteiger partial charge in [0, 0.05) is 23.0 Å². The molecule has 140 valence electrons. The number of nitrogens with one attached hydrogen (secondary N) is 1. The lowest BCUT2D eigenvalue weighted by atomic mass is 10.0. The highest BCUT2D eigenvalue weighted by atomic mass is 35.5. The Labute approximate surface area is 172 Å². The van der Waals surface area contributed by atoms with E-state index in [0.717, 1.165) is 16.5 Å². The summed E-state index contributed by atoms with van der Waals surface area (Å²) in [6, 6.07) is 19.0. The number of carbonyl (C=O) groups excluding carboxylic acids is 1. The molecule has 28 heavy (non-hydrogen) atoms. The Morgan fingerprint density at radius 3 is 2.46 bits per heavy atom. The van der Waals surface area contributed by atoms with Gasteiger partial charge in [0.15, 0.2) is 5.76 Å². The van der Waals surface area contributed by atoms with Crippen LogP contribution in [0.2, 0.25) is 10.0 Å². The van der Waals surface area contributed by atoms with Gasteiger partial charge in [-0.2, -0.15) is 0 Å². The van der Waals surface area contributed by atoms with Gasteiger partial charge in [-0.05, 0) is 48.4 Å². The summed E-state index contributed by atoms with van der Waals surface area (Å²) in [6.45, 7) is 2.06. The number of furan rings is 1. The van der Waals surface area contributed by atoms with Gasteiger partial charge in [0.05, 0.1) is 10.7 Å². The van der Waals surface area contributed by atoms with Crippen molar-refractivity contribution in [2.75, 3.05) is 12.4 Å². The fourth-order valence-corrected chi connectivity index (χ4v) is 3.80. The Morgan fingerprint density at radius 2 is 1.75 bits per heavy atom. The maximum atomic E-state index is 13.1. The molecule has 3 nitrogen and oxygen atoms in total. The SMILES string of the molecule is CNc1c(C(=O)c2ccc(Cl)cc2Cl)oc2cc(-c3cccc(C)c3)ccc12.